The highest BCUT2D eigenvalue weighted by atomic mass is 16.3. The van der Waals surface area contributed by atoms with Crippen molar-refractivity contribution >= 4 is 16.9 Å². The van der Waals surface area contributed by atoms with Gasteiger partial charge in [0.25, 0.3) is 5.56 Å². The third-order valence-corrected chi connectivity index (χ3v) is 5.94. The van der Waals surface area contributed by atoms with E-state index < -0.39 is 17.4 Å². The van der Waals surface area contributed by atoms with Gasteiger partial charge in [-0.1, -0.05) is 60.2 Å². The summed E-state index contributed by atoms with van der Waals surface area (Å²) in [5, 5.41) is 11.0. The van der Waals surface area contributed by atoms with Crippen molar-refractivity contribution in [1.29, 1.82) is 0 Å². The molecular weight excluding hydrogens is 406 g/mol. The smallest absolute Gasteiger partial charge is 0.332 e. The Balaban J connectivity index is 1.80. The molecule has 0 aliphatic carbocycles. The highest BCUT2D eigenvalue weighted by Gasteiger charge is 2.22. The standard InChI is InChI=1S/C24H23N5O3/c1-15-9-11-16(12-10-15)18-13-29-20-21(26(2)24(32)27(3)22(20)31)25-23(29)28(18)14-19(30)17-7-5-4-6-8-17/h4-13,19,30H,14H2,1-3H3/t19-/m0/s1. The van der Waals surface area contributed by atoms with Crippen LogP contribution in [0.3, 0.4) is 0 Å². The van der Waals surface area contributed by atoms with Gasteiger partial charge in [-0.25, -0.2) is 4.79 Å². The Morgan fingerprint density at radius 1 is 0.969 bits per heavy atom. The summed E-state index contributed by atoms with van der Waals surface area (Å²) in [4.78, 5) is 30.0. The van der Waals surface area contributed by atoms with Gasteiger partial charge in [0.15, 0.2) is 11.2 Å². The van der Waals surface area contributed by atoms with Crippen molar-refractivity contribution in [2.75, 3.05) is 0 Å². The van der Waals surface area contributed by atoms with Gasteiger partial charge in [0.1, 0.15) is 0 Å². The fraction of sp³-hybridized carbons (Fsp3) is 0.208. The van der Waals surface area contributed by atoms with Gasteiger partial charge in [-0.05, 0) is 18.1 Å². The number of aryl methyl sites for hydroxylation is 2. The summed E-state index contributed by atoms with van der Waals surface area (Å²) >= 11 is 0. The molecular formula is C24H23N5O3. The molecule has 0 aliphatic rings. The first-order chi connectivity index (χ1) is 15.4. The maximum atomic E-state index is 13.0. The van der Waals surface area contributed by atoms with E-state index in [4.69, 9.17) is 0 Å². The lowest BCUT2D eigenvalue weighted by molar-refractivity contribution is 0.158. The summed E-state index contributed by atoms with van der Waals surface area (Å²) in [6, 6.07) is 17.5. The summed E-state index contributed by atoms with van der Waals surface area (Å²) in [6.07, 6.45) is 1.07. The first-order valence-corrected chi connectivity index (χ1v) is 10.3. The van der Waals surface area contributed by atoms with Gasteiger partial charge in [-0.2, -0.15) is 4.98 Å². The molecule has 1 atom stereocenters. The fourth-order valence-electron chi connectivity index (χ4n) is 4.10. The van der Waals surface area contributed by atoms with Crippen LogP contribution in [0.1, 0.15) is 17.2 Å². The molecule has 0 bridgehead atoms. The third kappa shape index (κ3) is 2.99. The molecule has 2 aromatic carbocycles. The number of aromatic nitrogens is 5. The van der Waals surface area contributed by atoms with Gasteiger partial charge >= 0.3 is 5.69 Å². The lowest BCUT2D eigenvalue weighted by atomic mass is 10.1. The van der Waals surface area contributed by atoms with E-state index in [9.17, 15) is 14.7 Å². The van der Waals surface area contributed by atoms with Crippen LogP contribution in [-0.2, 0) is 20.6 Å². The van der Waals surface area contributed by atoms with Crippen molar-refractivity contribution in [1.82, 2.24) is 23.1 Å². The van der Waals surface area contributed by atoms with E-state index in [0.717, 1.165) is 27.0 Å². The number of fused-ring (bicyclic) bond motifs is 3. The van der Waals surface area contributed by atoms with Crippen LogP contribution in [-0.4, -0.2) is 28.2 Å². The number of nitrogens with zero attached hydrogens (tertiary/aromatic N) is 5. The number of rotatable bonds is 4. The number of imidazole rings is 2. The molecule has 32 heavy (non-hydrogen) atoms. The zero-order valence-corrected chi connectivity index (χ0v) is 18.1. The summed E-state index contributed by atoms with van der Waals surface area (Å²) in [7, 11) is 3.06. The van der Waals surface area contributed by atoms with Gasteiger partial charge in [0.2, 0.25) is 5.78 Å². The topological polar surface area (TPSA) is 86.5 Å². The highest BCUT2D eigenvalue weighted by molar-refractivity contribution is 5.78. The van der Waals surface area contributed by atoms with E-state index >= 15 is 0 Å². The lowest BCUT2D eigenvalue weighted by Gasteiger charge is -2.15. The van der Waals surface area contributed by atoms with Crippen molar-refractivity contribution in [2.45, 2.75) is 19.6 Å². The molecule has 0 fully saturated rings. The van der Waals surface area contributed by atoms with Crippen LogP contribution in [0.15, 0.2) is 70.4 Å². The average Bonchev–Trinajstić information content (AvgIpc) is 3.34. The largest absolute Gasteiger partial charge is 0.387 e. The number of aliphatic hydroxyl groups excluding tert-OH is 1. The molecule has 0 radical (unpaired) electrons. The molecule has 3 aromatic heterocycles. The summed E-state index contributed by atoms with van der Waals surface area (Å²) in [5.41, 5.74) is 3.47. The highest BCUT2D eigenvalue weighted by Crippen LogP contribution is 2.28. The molecule has 1 N–H and O–H groups in total. The number of aliphatic hydroxyl groups is 1. The van der Waals surface area contributed by atoms with E-state index in [2.05, 4.69) is 4.98 Å². The maximum Gasteiger partial charge on any atom is 0.332 e. The minimum atomic E-state index is -0.775. The second-order valence-corrected chi connectivity index (χ2v) is 8.08. The molecule has 0 amide bonds. The molecule has 5 aromatic rings. The quantitative estimate of drug-likeness (QED) is 0.475. The van der Waals surface area contributed by atoms with Gasteiger partial charge < -0.3 is 9.67 Å². The Morgan fingerprint density at radius 3 is 2.34 bits per heavy atom. The molecule has 8 nitrogen and oxygen atoms in total. The lowest BCUT2D eigenvalue weighted by Crippen LogP contribution is -2.37. The fourth-order valence-corrected chi connectivity index (χ4v) is 4.10. The molecule has 0 spiro atoms. The van der Waals surface area contributed by atoms with Crippen LogP contribution in [0.25, 0.3) is 28.2 Å². The molecule has 0 aliphatic heterocycles. The first kappa shape index (κ1) is 20.0. The SMILES string of the molecule is Cc1ccc(-c2cn3c4c(=O)n(C)c(=O)n(C)c4nc3n2C[C@H](O)c2ccccc2)cc1. The van der Waals surface area contributed by atoms with Crippen LogP contribution < -0.4 is 11.2 Å². The number of hydrogen-bond acceptors (Lipinski definition) is 4. The minimum absolute atomic E-state index is 0.237. The van der Waals surface area contributed by atoms with Crippen molar-refractivity contribution in [3.8, 4) is 11.3 Å². The summed E-state index contributed by atoms with van der Waals surface area (Å²) in [6.45, 7) is 2.26. The molecule has 0 unspecified atom stereocenters. The molecule has 0 saturated heterocycles. The van der Waals surface area contributed by atoms with Gasteiger partial charge in [0.05, 0.1) is 18.3 Å². The third-order valence-electron chi connectivity index (χ3n) is 5.94. The molecule has 3 heterocycles. The van der Waals surface area contributed by atoms with Gasteiger partial charge in [-0.15, -0.1) is 0 Å². The number of benzene rings is 2. The Kier molecular flexibility index (Phi) is 4.60. The zero-order valence-electron chi connectivity index (χ0n) is 18.1. The second-order valence-electron chi connectivity index (χ2n) is 8.08. The average molecular weight is 429 g/mol. The Morgan fingerprint density at radius 2 is 1.66 bits per heavy atom. The molecule has 8 heteroatoms. The van der Waals surface area contributed by atoms with E-state index in [1.54, 1.807) is 11.4 Å². The van der Waals surface area contributed by atoms with Crippen molar-refractivity contribution < 1.29 is 5.11 Å². The Hall–Kier alpha value is -3.91. The first-order valence-electron chi connectivity index (χ1n) is 10.3. The maximum absolute atomic E-state index is 13.0. The predicted molar refractivity (Wildman–Crippen MR) is 123 cm³/mol. The van der Waals surface area contributed by atoms with E-state index in [1.807, 2.05) is 72.3 Å². The monoisotopic (exact) mass is 429 g/mol. The van der Waals surface area contributed by atoms with E-state index in [0.29, 0.717) is 16.9 Å². The van der Waals surface area contributed by atoms with Crippen LogP contribution >= 0.6 is 0 Å². The second kappa shape index (κ2) is 7.35. The molecule has 162 valence electrons. The summed E-state index contributed by atoms with van der Waals surface area (Å²) < 4.78 is 6.06. The van der Waals surface area contributed by atoms with Gasteiger partial charge in [0, 0.05) is 20.3 Å². The van der Waals surface area contributed by atoms with Gasteiger partial charge in [-0.3, -0.25) is 18.3 Å². The van der Waals surface area contributed by atoms with Crippen molar-refractivity contribution in [3.05, 3.63) is 92.8 Å². The van der Waals surface area contributed by atoms with Crippen LogP contribution in [0.5, 0.6) is 0 Å². The molecule has 5 rings (SSSR count). The Labute approximate surface area is 183 Å². The minimum Gasteiger partial charge on any atom is -0.387 e. The molecule has 0 saturated carbocycles. The summed E-state index contributed by atoms with van der Waals surface area (Å²) in [5.74, 6) is 0.490. The van der Waals surface area contributed by atoms with Crippen LogP contribution in [0.4, 0.5) is 0 Å². The normalized spacial score (nSPS) is 12.6. The van der Waals surface area contributed by atoms with Crippen LogP contribution in [0, 0.1) is 6.92 Å². The van der Waals surface area contributed by atoms with Crippen molar-refractivity contribution in [3.63, 3.8) is 0 Å². The Bertz CT molecular complexity index is 1570. The zero-order chi connectivity index (χ0) is 22.6. The predicted octanol–water partition coefficient (Wildman–Crippen LogP) is 2.40. The van der Waals surface area contributed by atoms with Crippen LogP contribution in [0.2, 0.25) is 0 Å². The van der Waals surface area contributed by atoms with Crippen molar-refractivity contribution in [2.24, 2.45) is 14.1 Å². The van der Waals surface area contributed by atoms with E-state index in [-0.39, 0.29) is 6.54 Å². The van der Waals surface area contributed by atoms with E-state index in [1.165, 1.54) is 11.6 Å². The number of hydrogen-bond donors (Lipinski definition) is 1.